The van der Waals surface area contributed by atoms with Gasteiger partial charge in [0.05, 0.1) is 23.7 Å². The first kappa shape index (κ1) is 25.1. The van der Waals surface area contributed by atoms with Gasteiger partial charge in [-0.2, -0.15) is 0 Å². The molecule has 0 aliphatic heterocycles. The van der Waals surface area contributed by atoms with Gasteiger partial charge in [0.15, 0.2) is 5.78 Å². The molecule has 0 bridgehead atoms. The Morgan fingerprint density at radius 2 is 1.48 bits per heavy atom. The summed E-state index contributed by atoms with van der Waals surface area (Å²) in [6, 6.07) is 7.51. The maximum absolute atomic E-state index is 13.1. The van der Waals surface area contributed by atoms with Crippen molar-refractivity contribution >= 4 is 17.7 Å². The van der Waals surface area contributed by atoms with E-state index in [1.54, 1.807) is 27.7 Å². The Morgan fingerprint density at radius 1 is 1.00 bits per heavy atom. The van der Waals surface area contributed by atoms with Gasteiger partial charge >= 0.3 is 11.9 Å². The first-order valence-electron chi connectivity index (χ1n) is 10.9. The molecule has 1 aromatic rings. The van der Waals surface area contributed by atoms with Gasteiger partial charge in [0.1, 0.15) is 5.92 Å². The number of ether oxygens (including phenoxy) is 2. The molecule has 0 spiro atoms. The number of Topliss-reactive ketones (excluding diaryl/α,β-unsaturated/α-hetero) is 1. The van der Waals surface area contributed by atoms with Crippen LogP contribution in [0.25, 0.3) is 0 Å². The van der Waals surface area contributed by atoms with Crippen LogP contribution in [0, 0.1) is 11.8 Å². The Hall–Kier alpha value is -2.21. The Kier molecular flexibility index (Phi) is 7.36. The average Bonchev–Trinajstić information content (AvgIpc) is 2.57. The van der Waals surface area contributed by atoms with Crippen LogP contribution in [-0.4, -0.2) is 40.6 Å². The van der Waals surface area contributed by atoms with Crippen molar-refractivity contribution in [2.45, 2.75) is 91.0 Å². The highest BCUT2D eigenvalue weighted by Gasteiger charge is 2.57. The van der Waals surface area contributed by atoms with E-state index < -0.39 is 53.3 Å². The highest BCUT2D eigenvalue weighted by atomic mass is 16.5. The normalized spacial score (nSPS) is 26.8. The summed E-state index contributed by atoms with van der Waals surface area (Å²) >= 11 is 0. The van der Waals surface area contributed by atoms with Gasteiger partial charge in [-0.15, -0.1) is 0 Å². The van der Waals surface area contributed by atoms with Crippen LogP contribution in [-0.2, 0) is 29.3 Å². The number of aliphatic hydroxyl groups is 1. The van der Waals surface area contributed by atoms with E-state index >= 15 is 0 Å². The minimum Gasteiger partial charge on any atom is -0.463 e. The van der Waals surface area contributed by atoms with Gasteiger partial charge in [0.25, 0.3) is 0 Å². The van der Waals surface area contributed by atoms with E-state index in [-0.39, 0.29) is 11.8 Å². The fraction of sp³-hybridized carbons (Fsp3) is 0.640. The molecule has 0 amide bonds. The van der Waals surface area contributed by atoms with Crippen molar-refractivity contribution in [2.24, 2.45) is 11.8 Å². The molecule has 0 saturated heterocycles. The van der Waals surface area contributed by atoms with Crippen LogP contribution >= 0.6 is 0 Å². The second-order valence-corrected chi connectivity index (χ2v) is 10.3. The molecule has 172 valence electrons. The number of esters is 2. The molecule has 6 nitrogen and oxygen atoms in total. The zero-order valence-electron chi connectivity index (χ0n) is 19.9. The monoisotopic (exact) mass is 432 g/mol. The number of hydrogen-bond donors (Lipinski definition) is 1. The molecular formula is C25H36O6. The molecule has 1 aliphatic carbocycles. The lowest BCUT2D eigenvalue weighted by molar-refractivity contribution is -0.176. The third kappa shape index (κ3) is 5.73. The molecule has 0 heterocycles. The minimum absolute atomic E-state index is 0.0850. The van der Waals surface area contributed by atoms with Crippen LogP contribution in [0.4, 0.5) is 0 Å². The zero-order chi connectivity index (χ0) is 23.7. The summed E-state index contributed by atoms with van der Waals surface area (Å²) in [6.45, 7) is 14.6. The second kappa shape index (κ2) is 9.11. The molecule has 0 aromatic heterocycles. The van der Waals surface area contributed by atoms with E-state index in [2.05, 4.69) is 20.8 Å². The predicted molar refractivity (Wildman–Crippen MR) is 118 cm³/mol. The molecule has 6 heteroatoms. The van der Waals surface area contributed by atoms with Crippen molar-refractivity contribution in [1.29, 1.82) is 0 Å². The van der Waals surface area contributed by atoms with Crippen LogP contribution in [0.1, 0.15) is 78.9 Å². The van der Waals surface area contributed by atoms with E-state index in [1.165, 1.54) is 6.92 Å². The zero-order valence-corrected chi connectivity index (χ0v) is 19.9. The van der Waals surface area contributed by atoms with E-state index in [9.17, 15) is 19.5 Å². The van der Waals surface area contributed by atoms with Crippen LogP contribution in [0.5, 0.6) is 0 Å². The van der Waals surface area contributed by atoms with E-state index in [4.69, 9.17) is 9.47 Å². The quantitative estimate of drug-likeness (QED) is 0.560. The largest absolute Gasteiger partial charge is 0.463 e. The third-order valence-electron chi connectivity index (χ3n) is 5.64. The SMILES string of the molecule is CC(C)OC(=O)[C@@H]1C(=O)C[C@](C)(O)[C@@H](C(=O)OC(C)C)[C@@H]1c1ccc(C(C)(C)C)cc1. The van der Waals surface area contributed by atoms with Crippen molar-refractivity contribution < 1.29 is 29.0 Å². The Morgan fingerprint density at radius 3 is 1.94 bits per heavy atom. The van der Waals surface area contributed by atoms with Crippen LogP contribution in [0.2, 0.25) is 0 Å². The molecule has 1 N–H and O–H groups in total. The van der Waals surface area contributed by atoms with E-state index in [0.717, 1.165) is 5.56 Å². The highest BCUT2D eigenvalue weighted by Crippen LogP contribution is 2.47. The Labute approximate surface area is 185 Å². The smallest absolute Gasteiger partial charge is 0.317 e. The maximum atomic E-state index is 13.1. The Bertz CT molecular complexity index is 805. The number of carbonyl (C=O) groups is 3. The number of benzene rings is 1. The second-order valence-electron chi connectivity index (χ2n) is 10.3. The van der Waals surface area contributed by atoms with Crippen LogP contribution < -0.4 is 0 Å². The fourth-order valence-electron chi connectivity index (χ4n) is 4.23. The van der Waals surface area contributed by atoms with E-state index in [1.807, 2.05) is 24.3 Å². The summed E-state index contributed by atoms with van der Waals surface area (Å²) in [5.41, 5.74) is -0.0332. The molecular weight excluding hydrogens is 396 g/mol. The van der Waals surface area contributed by atoms with Crippen LogP contribution in [0.15, 0.2) is 24.3 Å². The van der Waals surface area contributed by atoms with Gasteiger partial charge in [-0.25, -0.2) is 0 Å². The van der Waals surface area contributed by atoms with Crippen molar-refractivity contribution in [1.82, 2.24) is 0 Å². The van der Waals surface area contributed by atoms with Gasteiger partial charge in [-0.05, 0) is 51.2 Å². The molecule has 31 heavy (non-hydrogen) atoms. The van der Waals surface area contributed by atoms with Crippen LogP contribution in [0.3, 0.4) is 0 Å². The first-order valence-corrected chi connectivity index (χ1v) is 10.9. The topological polar surface area (TPSA) is 89.9 Å². The highest BCUT2D eigenvalue weighted by molar-refractivity contribution is 6.02. The van der Waals surface area contributed by atoms with Gasteiger partial charge in [-0.1, -0.05) is 45.0 Å². The maximum Gasteiger partial charge on any atom is 0.317 e. The number of ketones is 1. The molecule has 1 aromatic carbocycles. The Balaban J connectivity index is 2.63. The van der Waals surface area contributed by atoms with Crippen molar-refractivity contribution in [3.8, 4) is 0 Å². The summed E-state index contributed by atoms with van der Waals surface area (Å²) in [6.07, 6.45) is -1.13. The van der Waals surface area contributed by atoms with Gasteiger partial charge in [-0.3, -0.25) is 14.4 Å². The summed E-state index contributed by atoms with van der Waals surface area (Å²) < 4.78 is 10.8. The minimum atomic E-state index is -1.65. The summed E-state index contributed by atoms with van der Waals surface area (Å²) in [5.74, 6) is -4.90. The fourth-order valence-corrected chi connectivity index (χ4v) is 4.23. The molecule has 0 unspecified atom stereocenters. The summed E-state index contributed by atoms with van der Waals surface area (Å²) in [4.78, 5) is 39.1. The number of carbonyl (C=O) groups excluding carboxylic acids is 3. The number of hydrogen-bond acceptors (Lipinski definition) is 6. The third-order valence-corrected chi connectivity index (χ3v) is 5.64. The summed E-state index contributed by atoms with van der Waals surface area (Å²) in [7, 11) is 0. The molecule has 1 fully saturated rings. The lowest BCUT2D eigenvalue weighted by Gasteiger charge is -2.44. The van der Waals surface area contributed by atoms with E-state index in [0.29, 0.717) is 5.56 Å². The predicted octanol–water partition coefficient (Wildman–Crippen LogP) is 3.93. The first-order chi connectivity index (χ1) is 14.1. The lowest BCUT2D eigenvalue weighted by atomic mass is 9.61. The molecule has 4 atom stereocenters. The van der Waals surface area contributed by atoms with Crippen molar-refractivity contribution in [3.05, 3.63) is 35.4 Å². The molecule has 0 radical (unpaired) electrons. The molecule has 1 saturated carbocycles. The number of rotatable bonds is 5. The van der Waals surface area contributed by atoms with Crippen molar-refractivity contribution in [3.63, 3.8) is 0 Å². The van der Waals surface area contributed by atoms with Gasteiger partial charge < -0.3 is 14.6 Å². The van der Waals surface area contributed by atoms with Gasteiger partial charge in [0, 0.05) is 12.3 Å². The molecule has 1 aliphatic rings. The molecule has 2 rings (SSSR count). The lowest BCUT2D eigenvalue weighted by Crippen LogP contribution is -2.55. The standard InChI is InChI=1S/C25H36O6/c1-14(2)30-22(27)20-18(26)13-25(8,29)21(23(28)31-15(3)4)19(20)16-9-11-17(12-10-16)24(5,6)7/h9-12,14-15,19-21,29H,13H2,1-8H3/t19-,20-,21-,25+/m1/s1. The van der Waals surface area contributed by atoms with Crippen molar-refractivity contribution in [2.75, 3.05) is 0 Å². The van der Waals surface area contributed by atoms with Gasteiger partial charge in [0.2, 0.25) is 0 Å². The summed E-state index contributed by atoms with van der Waals surface area (Å²) in [5, 5.41) is 11.1. The average molecular weight is 433 g/mol.